The molecule has 0 amide bonds. The monoisotopic (exact) mass is 820 g/mol. The van der Waals surface area contributed by atoms with Gasteiger partial charge in [0, 0.05) is 37.7 Å². The van der Waals surface area contributed by atoms with Crippen molar-refractivity contribution in [3.63, 3.8) is 0 Å². The molecule has 49 heavy (non-hydrogen) atoms. The summed E-state index contributed by atoms with van der Waals surface area (Å²) in [6.07, 6.45) is 12.8. The molecule has 0 saturated heterocycles. The predicted molar refractivity (Wildman–Crippen MR) is 198 cm³/mol. The molecule has 0 N–H and O–H groups in total. The van der Waals surface area contributed by atoms with Gasteiger partial charge in [0.25, 0.3) is 0 Å². The van der Waals surface area contributed by atoms with Crippen molar-refractivity contribution in [2.45, 2.75) is 71.8 Å². The number of allylic oxidation sites excluding steroid dienone is 1. The molecular formula is C44H41IrN3O-2. The molecule has 5 heteroatoms. The van der Waals surface area contributed by atoms with E-state index in [1.165, 1.54) is 47.9 Å². The molecule has 1 atom stereocenters. The maximum Gasteiger partial charge on any atom is 0.120 e. The minimum Gasteiger partial charge on any atom is -0.501 e. The van der Waals surface area contributed by atoms with Crippen LogP contribution in [-0.4, -0.2) is 14.5 Å². The number of para-hydroxylation sites is 1. The molecule has 3 aromatic heterocycles. The summed E-state index contributed by atoms with van der Waals surface area (Å²) in [5.74, 6) is 1.75. The average Bonchev–Trinajstić information content (AvgIpc) is 3.85. The van der Waals surface area contributed by atoms with Gasteiger partial charge >= 0.3 is 0 Å². The second kappa shape index (κ2) is 13.5. The average molecular weight is 820 g/mol. The molecule has 1 unspecified atom stereocenters. The van der Waals surface area contributed by atoms with Crippen LogP contribution in [0.3, 0.4) is 0 Å². The molecule has 4 heterocycles. The Morgan fingerprint density at radius 2 is 1.71 bits per heavy atom. The Bertz CT molecular complexity index is 2280. The van der Waals surface area contributed by atoms with Crippen LogP contribution < -0.4 is 0 Å². The zero-order valence-electron chi connectivity index (χ0n) is 28.6. The van der Waals surface area contributed by atoms with E-state index in [-0.39, 0.29) is 25.5 Å². The first-order chi connectivity index (χ1) is 23.3. The number of hydrogen-bond acceptors (Lipinski definition) is 3. The van der Waals surface area contributed by atoms with Crippen LogP contribution in [0, 0.1) is 17.5 Å². The molecule has 249 valence electrons. The molecule has 7 aromatic rings. The van der Waals surface area contributed by atoms with E-state index in [1.807, 2.05) is 42.6 Å². The summed E-state index contributed by atoms with van der Waals surface area (Å²) in [7, 11) is 0. The minimum atomic E-state index is 0. The number of furan rings is 1. The number of pyridine rings is 1. The van der Waals surface area contributed by atoms with Crippen molar-refractivity contribution >= 4 is 39.0 Å². The molecule has 2 aliphatic rings. The first-order valence-electron chi connectivity index (χ1n) is 17.3. The van der Waals surface area contributed by atoms with Crippen molar-refractivity contribution in [1.29, 1.82) is 0 Å². The second-order valence-electron chi connectivity index (χ2n) is 14.6. The molecule has 0 spiro atoms. The van der Waals surface area contributed by atoms with Crippen LogP contribution in [0.5, 0.6) is 0 Å². The van der Waals surface area contributed by atoms with Crippen LogP contribution in [0.15, 0.2) is 102 Å². The van der Waals surface area contributed by atoms with E-state index < -0.39 is 0 Å². The standard InChI is InChI=1S/C22H21N2.C22H20NO.Ir/c1-15-11-12-18-13-19(16-7-5-6-8-16)14-20-21(18)24(15)22(23-20)17-9-3-2-4-10-17;1-22(2,3)14-15-11-12-23-19(13-15)18-9-6-8-17-16-7-4-5-10-20(16)24-21(17)18;/h2-4,9,11-16H,5-8H2,1H3;4-8,10-13H,14H2,1-3H3;/q2*-1;. The Hall–Kier alpha value is -4.31. The van der Waals surface area contributed by atoms with Crippen molar-refractivity contribution < 1.29 is 24.5 Å². The molecular weight excluding hydrogens is 779 g/mol. The Morgan fingerprint density at radius 1 is 0.898 bits per heavy atom. The summed E-state index contributed by atoms with van der Waals surface area (Å²) in [6, 6.07) is 36.3. The van der Waals surface area contributed by atoms with Crippen molar-refractivity contribution in [3.8, 4) is 22.6 Å². The maximum absolute atomic E-state index is 6.11. The number of imidazole rings is 1. The number of fused-ring (bicyclic) bond motifs is 3. The summed E-state index contributed by atoms with van der Waals surface area (Å²) in [4.78, 5) is 9.60. The van der Waals surface area contributed by atoms with Gasteiger partial charge in [0.15, 0.2) is 0 Å². The normalized spacial score (nSPS) is 15.8. The fourth-order valence-corrected chi connectivity index (χ4v) is 7.57. The van der Waals surface area contributed by atoms with E-state index in [0.29, 0.717) is 6.04 Å². The number of hydrogen-bond donors (Lipinski definition) is 0. The third kappa shape index (κ3) is 6.55. The van der Waals surface area contributed by atoms with Gasteiger partial charge in [-0.25, -0.2) is 0 Å². The van der Waals surface area contributed by atoms with Gasteiger partial charge in [-0.05, 0) is 78.6 Å². The van der Waals surface area contributed by atoms with E-state index in [1.54, 1.807) is 0 Å². The Kier molecular flexibility index (Phi) is 9.17. The molecule has 9 rings (SSSR count). The first kappa shape index (κ1) is 33.2. The largest absolute Gasteiger partial charge is 0.501 e. The van der Waals surface area contributed by atoms with E-state index in [4.69, 9.17) is 9.40 Å². The fraction of sp³-hybridized carbons (Fsp3) is 0.273. The van der Waals surface area contributed by atoms with E-state index in [0.717, 1.165) is 62.4 Å². The van der Waals surface area contributed by atoms with Gasteiger partial charge in [-0.3, -0.25) is 4.98 Å². The van der Waals surface area contributed by atoms with Crippen LogP contribution in [0.25, 0.3) is 61.7 Å². The van der Waals surface area contributed by atoms with Crippen molar-refractivity contribution in [1.82, 2.24) is 14.5 Å². The van der Waals surface area contributed by atoms with Crippen LogP contribution in [0.1, 0.15) is 82.0 Å². The molecule has 1 fully saturated rings. The molecule has 4 aromatic carbocycles. The Labute approximate surface area is 302 Å². The smallest absolute Gasteiger partial charge is 0.120 e. The van der Waals surface area contributed by atoms with Gasteiger partial charge in [0.05, 0.1) is 22.4 Å². The van der Waals surface area contributed by atoms with Crippen molar-refractivity contribution in [2.24, 2.45) is 5.41 Å². The third-order valence-corrected chi connectivity index (χ3v) is 9.73. The molecule has 1 saturated carbocycles. The zero-order chi connectivity index (χ0) is 32.8. The molecule has 0 bridgehead atoms. The molecule has 1 aliphatic carbocycles. The summed E-state index contributed by atoms with van der Waals surface area (Å²) in [5, 5.41) is 2.25. The second-order valence-corrected chi connectivity index (χ2v) is 14.6. The van der Waals surface area contributed by atoms with E-state index in [9.17, 15) is 0 Å². The number of rotatable bonds is 4. The summed E-state index contributed by atoms with van der Waals surface area (Å²) >= 11 is 0. The van der Waals surface area contributed by atoms with Gasteiger partial charge in [0.1, 0.15) is 5.58 Å². The summed E-state index contributed by atoms with van der Waals surface area (Å²) < 4.78 is 8.48. The fourth-order valence-electron chi connectivity index (χ4n) is 7.57. The summed E-state index contributed by atoms with van der Waals surface area (Å²) in [5.41, 5.74) is 11.4. The number of aromatic nitrogens is 3. The van der Waals surface area contributed by atoms with Gasteiger partial charge in [-0.1, -0.05) is 86.5 Å². The molecule has 4 nitrogen and oxygen atoms in total. The third-order valence-electron chi connectivity index (χ3n) is 9.73. The van der Waals surface area contributed by atoms with Crippen LogP contribution in [0.2, 0.25) is 0 Å². The Morgan fingerprint density at radius 3 is 2.51 bits per heavy atom. The minimum absolute atomic E-state index is 0. The van der Waals surface area contributed by atoms with Gasteiger partial charge in [0.2, 0.25) is 0 Å². The quantitative estimate of drug-likeness (QED) is 0.166. The molecule has 1 radical (unpaired) electrons. The SMILES string of the molecule is CC(C)(C)Cc1ccnc(-c2[c-]ccc3c2oc2ccccc23)c1.CC1C=Cc2cc(C3CCCC3)cc3nc(-c4[c-]cccc4)n1c23.[Ir]. The number of benzene rings is 4. The summed E-state index contributed by atoms with van der Waals surface area (Å²) in [6.45, 7) is 8.98. The van der Waals surface area contributed by atoms with Crippen LogP contribution >= 0.6 is 0 Å². The maximum atomic E-state index is 6.11. The first-order valence-corrected chi connectivity index (χ1v) is 17.3. The predicted octanol–water partition coefficient (Wildman–Crippen LogP) is 11.8. The van der Waals surface area contributed by atoms with E-state index >= 15 is 0 Å². The molecule has 1 aliphatic heterocycles. The van der Waals surface area contributed by atoms with Gasteiger partial charge < -0.3 is 14.0 Å². The van der Waals surface area contributed by atoms with E-state index in [2.05, 4.69) is 110 Å². The van der Waals surface area contributed by atoms with Crippen molar-refractivity contribution in [2.75, 3.05) is 0 Å². The van der Waals surface area contributed by atoms with Crippen LogP contribution in [0.4, 0.5) is 0 Å². The van der Waals surface area contributed by atoms with Crippen molar-refractivity contribution in [3.05, 3.63) is 126 Å². The Balaban J connectivity index is 0.000000151. The zero-order valence-corrected chi connectivity index (χ0v) is 31.0. The van der Waals surface area contributed by atoms with Gasteiger partial charge in [-0.15, -0.1) is 54.1 Å². The van der Waals surface area contributed by atoms with Gasteiger partial charge in [-0.2, -0.15) is 0 Å². The topological polar surface area (TPSA) is 43.9 Å². The number of nitrogens with zero attached hydrogens (tertiary/aromatic N) is 3. The van der Waals surface area contributed by atoms with Crippen LogP contribution in [-0.2, 0) is 26.5 Å².